The number of amides is 1. The number of hydrogen-bond donors (Lipinski definition) is 1. The van der Waals surface area contributed by atoms with Crippen LogP contribution in [0.2, 0.25) is 0 Å². The summed E-state index contributed by atoms with van der Waals surface area (Å²) in [5.74, 6) is 1.18. The average molecular weight is 293 g/mol. The van der Waals surface area contributed by atoms with Gasteiger partial charge in [-0.15, -0.1) is 0 Å². The van der Waals surface area contributed by atoms with Crippen molar-refractivity contribution in [2.75, 3.05) is 5.32 Å². The summed E-state index contributed by atoms with van der Waals surface area (Å²) in [6.07, 6.45) is 0. The van der Waals surface area contributed by atoms with Crippen molar-refractivity contribution in [2.24, 2.45) is 0 Å². The van der Waals surface area contributed by atoms with Crippen molar-refractivity contribution in [1.82, 2.24) is 9.36 Å². The van der Waals surface area contributed by atoms with E-state index in [9.17, 15) is 4.79 Å². The zero-order valence-corrected chi connectivity index (χ0v) is 12.6. The molecule has 100 valence electrons. The first kappa shape index (κ1) is 14.0. The number of carbonyl (C=O) groups excluding carboxylic acids is 1. The van der Waals surface area contributed by atoms with E-state index >= 15 is 0 Å². The summed E-state index contributed by atoms with van der Waals surface area (Å²) in [5.41, 5.74) is 0.803. The molecule has 6 heteroatoms. The summed E-state index contributed by atoms with van der Waals surface area (Å²) in [5, 5.41) is 2.74. The highest BCUT2D eigenvalue weighted by Gasteiger charge is 2.08. The van der Waals surface area contributed by atoms with Crippen molar-refractivity contribution in [3.05, 3.63) is 30.1 Å². The van der Waals surface area contributed by atoms with Gasteiger partial charge in [0.05, 0.1) is 0 Å². The van der Waals surface area contributed by atoms with Gasteiger partial charge < -0.3 is 5.32 Å². The van der Waals surface area contributed by atoms with Crippen LogP contribution in [0.3, 0.4) is 0 Å². The second-order valence-corrected chi connectivity index (χ2v) is 6.45. The van der Waals surface area contributed by atoms with Gasteiger partial charge >= 0.3 is 0 Å². The molecule has 4 nitrogen and oxygen atoms in total. The highest BCUT2D eigenvalue weighted by molar-refractivity contribution is 8.01. The number of aromatic nitrogens is 2. The molecule has 2 aromatic rings. The Hall–Kier alpha value is -1.40. The summed E-state index contributed by atoms with van der Waals surface area (Å²) in [6, 6.07) is 7.70. The molecule has 2 rings (SSSR count). The molecular weight excluding hydrogens is 278 g/mol. The molecule has 1 aromatic heterocycles. The van der Waals surface area contributed by atoms with Gasteiger partial charge in [0.25, 0.3) is 0 Å². The zero-order valence-electron chi connectivity index (χ0n) is 11.0. The van der Waals surface area contributed by atoms with E-state index in [0.29, 0.717) is 5.92 Å². The van der Waals surface area contributed by atoms with Crippen LogP contribution in [-0.4, -0.2) is 15.3 Å². The van der Waals surface area contributed by atoms with Gasteiger partial charge in [0.1, 0.15) is 5.82 Å². The number of hydrogen-bond acceptors (Lipinski definition) is 5. The third kappa shape index (κ3) is 4.04. The third-order valence-electron chi connectivity index (χ3n) is 2.32. The number of nitrogens with one attached hydrogen (secondary N) is 1. The number of benzene rings is 1. The van der Waals surface area contributed by atoms with Gasteiger partial charge in [0.15, 0.2) is 4.34 Å². The highest BCUT2D eigenvalue weighted by atomic mass is 32.2. The van der Waals surface area contributed by atoms with Crippen LogP contribution in [0.25, 0.3) is 0 Å². The Balaban J connectivity index is 2.04. The Morgan fingerprint density at radius 2 is 2.00 bits per heavy atom. The molecule has 0 atom stereocenters. The Kier molecular flexibility index (Phi) is 4.55. The summed E-state index contributed by atoms with van der Waals surface area (Å²) in [7, 11) is 0. The van der Waals surface area contributed by atoms with Crippen molar-refractivity contribution in [3.8, 4) is 0 Å². The van der Waals surface area contributed by atoms with E-state index in [0.717, 1.165) is 20.7 Å². The molecule has 0 aliphatic heterocycles. The van der Waals surface area contributed by atoms with E-state index in [4.69, 9.17) is 0 Å². The van der Waals surface area contributed by atoms with Crippen molar-refractivity contribution in [2.45, 2.75) is 35.9 Å². The number of rotatable bonds is 4. The van der Waals surface area contributed by atoms with Crippen LogP contribution in [0.4, 0.5) is 5.69 Å². The monoisotopic (exact) mass is 293 g/mol. The molecule has 0 unspecified atom stereocenters. The zero-order chi connectivity index (χ0) is 13.8. The fraction of sp³-hybridized carbons (Fsp3) is 0.308. The Morgan fingerprint density at radius 1 is 1.32 bits per heavy atom. The first-order chi connectivity index (χ1) is 9.04. The molecule has 0 bridgehead atoms. The van der Waals surface area contributed by atoms with Crippen LogP contribution < -0.4 is 5.32 Å². The fourth-order valence-electron chi connectivity index (χ4n) is 1.41. The largest absolute Gasteiger partial charge is 0.326 e. The second-order valence-electron chi connectivity index (χ2n) is 4.38. The van der Waals surface area contributed by atoms with Crippen molar-refractivity contribution in [3.63, 3.8) is 0 Å². The minimum atomic E-state index is -0.0638. The normalized spacial score (nSPS) is 10.7. The maximum Gasteiger partial charge on any atom is 0.221 e. The molecule has 19 heavy (non-hydrogen) atoms. The van der Waals surface area contributed by atoms with Crippen LogP contribution >= 0.6 is 23.3 Å². The molecule has 0 aliphatic carbocycles. The van der Waals surface area contributed by atoms with Gasteiger partial charge in [0, 0.05) is 23.4 Å². The average Bonchev–Trinajstić information content (AvgIpc) is 2.80. The minimum Gasteiger partial charge on any atom is -0.326 e. The van der Waals surface area contributed by atoms with Crippen LogP contribution in [-0.2, 0) is 4.79 Å². The molecule has 0 saturated heterocycles. The lowest BCUT2D eigenvalue weighted by molar-refractivity contribution is -0.114. The Morgan fingerprint density at radius 3 is 2.53 bits per heavy atom. The van der Waals surface area contributed by atoms with E-state index < -0.39 is 0 Å². The predicted molar refractivity (Wildman–Crippen MR) is 78.9 cm³/mol. The van der Waals surface area contributed by atoms with Gasteiger partial charge in [-0.05, 0) is 35.8 Å². The van der Waals surface area contributed by atoms with Crippen molar-refractivity contribution >= 4 is 34.9 Å². The van der Waals surface area contributed by atoms with E-state index in [-0.39, 0.29) is 5.91 Å². The highest BCUT2D eigenvalue weighted by Crippen LogP contribution is 2.30. The second kappa shape index (κ2) is 6.16. The van der Waals surface area contributed by atoms with Crippen LogP contribution in [0, 0.1) is 0 Å². The first-order valence-corrected chi connectivity index (χ1v) is 7.52. The lowest BCUT2D eigenvalue weighted by Gasteiger charge is -2.02. The van der Waals surface area contributed by atoms with Crippen LogP contribution in [0.1, 0.15) is 32.5 Å². The molecule has 1 amide bonds. The van der Waals surface area contributed by atoms with Crippen molar-refractivity contribution < 1.29 is 4.79 Å². The maximum atomic E-state index is 10.9. The van der Waals surface area contributed by atoms with Crippen LogP contribution in [0.15, 0.2) is 33.5 Å². The molecule has 1 aromatic carbocycles. The van der Waals surface area contributed by atoms with Gasteiger partial charge in [-0.25, -0.2) is 4.98 Å². The lowest BCUT2D eigenvalue weighted by Crippen LogP contribution is -2.05. The first-order valence-electron chi connectivity index (χ1n) is 5.93. The summed E-state index contributed by atoms with van der Waals surface area (Å²) >= 11 is 3.01. The van der Waals surface area contributed by atoms with Gasteiger partial charge in [-0.3, -0.25) is 4.79 Å². The molecule has 0 saturated carbocycles. The lowest BCUT2D eigenvalue weighted by atomic mass is 10.2. The van der Waals surface area contributed by atoms with Gasteiger partial charge in [0.2, 0.25) is 5.91 Å². The molecule has 1 heterocycles. The third-order valence-corrected chi connectivity index (χ3v) is 4.09. The number of carbonyl (C=O) groups is 1. The number of nitrogens with zero attached hydrogens (tertiary/aromatic N) is 2. The topological polar surface area (TPSA) is 54.9 Å². The van der Waals surface area contributed by atoms with E-state index in [1.54, 1.807) is 11.8 Å². The number of anilines is 1. The molecule has 0 spiro atoms. The van der Waals surface area contributed by atoms with E-state index in [2.05, 4.69) is 28.5 Å². The summed E-state index contributed by atoms with van der Waals surface area (Å²) in [4.78, 5) is 16.5. The van der Waals surface area contributed by atoms with E-state index in [1.807, 2.05) is 24.3 Å². The molecule has 0 aliphatic rings. The SMILES string of the molecule is CC(=O)Nc1ccc(Sc2nc(C(C)C)ns2)cc1. The molecular formula is C13H15N3OS2. The molecule has 0 radical (unpaired) electrons. The Bertz CT molecular complexity index is 564. The van der Waals surface area contributed by atoms with Crippen LogP contribution in [0.5, 0.6) is 0 Å². The molecule has 1 N–H and O–H groups in total. The summed E-state index contributed by atoms with van der Waals surface area (Å²) in [6.45, 7) is 5.66. The molecule has 0 fully saturated rings. The predicted octanol–water partition coefficient (Wildman–Crippen LogP) is 3.77. The summed E-state index contributed by atoms with van der Waals surface area (Å²) < 4.78 is 5.26. The van der Waals surface area contributed by atoms with E-state index in [1.165, 1.54) is 18.5 Å². The standard InChI is InChI=1S/C13H15N3OS2/c1-8(2)12-15-13(19-16-12)18-11-6-4-10(5-7-11)14-9(3)17/h4-8H,1-3H3,(H,14,17). The van der Waals surface area contributed by atoms with Crippen molar-refractivity contribution in [1.29, 1.82) is 0 Å². The Labute approximate surface area is 120 Å². The maximum absolute atomic E-state index is 10.9. The van der Waals surface area contributed by atoms with Gasteiger partial charge in [-0.2, -0.15) is 4.37 Å². The fourth-order valence-corrected chi connectivity index (χ4v) is 3.13. The quantitative estimate of drug-likeness (QED) is 0.932. The smallest absolute Gasteiger partial charge is 0.221 e. The van der Waals surface area contributed by atoms with Gasteiger partial charge in [-0.1, -0.05) is 25.6 Å². The minimum absolute atomic E-state index is 0.0638.